The highest BCUT2D eigenvalue weighted by Crippen LogP contribution is 2.31. The minimum Gasteiger partial charge on any atom is -0.390 e. The normalized spacial score (nSPS) is 30.9. The average molecular weight is 268 g/mol. The minimum atomic E-state index is -0.572. The number of allylic oxidation sites excluding steroid dienone is 1. The Morgan fingerprint density at radius 3 is 2.63 bits per heavy atom. The smallest absolute Gasteiger partial charge is 0.161 e. The number of carbonyl (C=O) groups excluding carboxylic acids is 1. The molecule has 0 aromatic carbocycles. The molecule has 0 aromatic rings. The monoisotopic (exact) mass is 268 g/mol. The standard InChI is InChI=1S/C16H28O3/c1-10(2)7-6-8-11(3)14-13(17)9-12(4)15(18)16(14)19-5/h10,12,15-16,18H,6-9H2,1-5H3/t12-,15-,16+/m1/s1. The van der Waals surface area contributed by atoms with E-state index in [1.165, 1.54) is 0 Å². The summed E-state index contributed by atoms with van der Waals surface area (Å²) < 4.78 is 5.38. The number of Topliss-reactive ketones (excluding diaryl/α,β-unsaturated/α-hetero) is 1. The van der Waals surface area contributed by atoms with Crippen molar-refractivity contribution in [2.24, 2.45) is 11.8 Å². The van der Waals surface area contributed by atoms with Gasteiger partial charge in [-0.3, -0.25) is 4.79 Å². The number of carbonyl (C=O) groups is 1. The fraction of sp³-hybridized carbons (Fsp3) is 0.812. The number of hydrogen-bond donors (Lipinski definition) is 1. The number of hydrogen-bond acceptors (Lipinski definition) is 3. The maximum Gasteiger partial charge on any atom is 0.161 e. The Labute approximate surface area is 117 Å². The molecule has 1 saturated carbocycles. The van der Waals surface area contributed by atoms with E-state index in [0.717, 1.165) is 30.4 Å². The van der Waals surface area contributed by atoms with Crippen molar-refractivity contribution in [2.45, 2.75) is 65.6 Å². The van der Waals surface area contributed by atoms with Crippen LogP contribution in [-0.2, 0) is 9.53 Å². The highest BCUT2D eigenvalue weighted by molar-refractivity contribution is 5.98. The Kier molecular flexibility index (Phi) is 6.21. The summed E-state index contributed by atoms with van der Waals surface area (Å²) in [4.78, 5) is 12.2. The van der Waals surface area contributed by atoms with Gasteiger partial charge in [-0.1, -0.05) is 32.8 Å². The lowest BCUT2D eigenvalue weighted by Crippen LogP contribution is -2.43. The Bertz CT molecular complexity index is 344. The molecule has 0 aromatic heterocycles. The van der Waals surface area contributed by atoms with Crippen LogP contribution in [0.25, 0.3) is 0 Å². The second-order valence-corrected chi connectivity index (χ2v) is 6.23. The molecule has 19 heavy (non-hydrogen) atoms. The van der Waals surface area contributed by atoms with Crippen LogP contribution in [0.4, 0.5) is 0 Å². The Balaban J connectivity index is 2.83. The quantitative estimate of drug-likeness (QED) is 0.779. The molecule has 0 unspecified atom stereocenters. The zero-order valence-corrected chi connectivity index (χ0v) is 12.9. The van der Waals surface area contributed by atoms with Gasteiger partial charge in [0, 0.05) is 19.1 Å². The number of aliphatic hydroxyl groups is 1. The molecule has 110 valence electrons. The summed E-state index contributed by atoms with van der Waals surface area (Å²) in [5, 5.41) is 10.2. The van der Waals surface area contributed by atoms with Crippen molar-refractivity contribution >= 4 is 5.78 Å². The van der Waals surface area contributed by atoms with Crippen molar-refractivity contribution in [3.8, 4) is 0 Å². The van der Waals surface area contributed by atoms with Crippen LogP contribution in [0, 0.1) is 11.8 Å². The molecule has 0 saturated heterocycles. The number of methoxy groups -OCH3 is 1. The molecule has 0 aliphatic heterocycles. The fourth-order valence-corrected chi connectivity index (χ4v) is 2.80. The minimum absolute atomic E-state index is 0.0235. The molecule has 3 atom stereocenters. The van der Waals surface area contributed by atoms with Crippen molar-refractivity contribution in [1.29, 1.82) is 0 Å². The summed E-state index contributed by atoms with van der Waals surface area (Å²) in [6, 6.07) is 0. The maximum absolute atomic E-state index is 12.2. The molecule has 1 rings (SSSR count). The van der Waals surface area contributed by atoms with Crippen molar-refractivity contribution < 1.29 is 14.6 Å². The van der Waals surface area contributed by atoms with E-state index < -0.39 is 12.2 Å². The largest absolute Gasteiger partial charge is 0.390 e. The number of ether oxygens (including phenoxy) is 1. The summed E-state index contributed by atoms with van der Waals surface area (Å²) in [7, 11) is 1.57. The highest BCUT2D eigenvalue weighted by Gasteiger charge is 2.38. The summed E-state index contributed by atoms with van der Waals surface area (Å²) >= 11 is 0. The van der Waals surface area contributed by atoms with E-state index >= 15 is 0 Å². The molecule has 1 aliphatic rings. The number of rotatable bonds is 5. The summed E-state index contributed by atoms with van der Waals surface area (Å²) in [5.74, 6) is 0.806. The Morgan fingerprint density at radius 2 is 2.11 bits per heavy atom. The van der Waals surface area contributed by atoms with Crippen LogP contribution in [-0.4, -0.2) is 30.2 Å². The molecule has 1 aliphatic carbocycles. The molecule has 1 fully saturated rings. The first-order valence-corrected chi connectivity index (χ1v) is 7.32. The number of aliphatic hydroxyl groups excluding tert-OH is 1. The van der Waals surface area contributed by atoms with Crippen molar-refractivity contribution in [3.63, 3.8) is 0 Å². The second-order valence-electron chi connectivity index (χ2n) is 6.23. The fourth-order valence-electron chi connectivity index (χ4n) is 2.80. The molecule has 1 N–H and O–H groups in total. The van der Waals surface area contributed by atoms with E-state index in [4.69, 9.17) is 4.74 Å². The predicted octanol–water partition coefficient (Wildman–Crippen LogP) is 3.11. The first-order valence-electron chi connectivity index (χ1n) is 7.32. The van der Waals surface area contributed by atoms with Crippen LogP contribution in [0.3, 0.4) is 0 Å². The average Bonchev–Trinajstić information content (AvgIpc) is 2.32. The lowest BCUT2D eigenvalue weighted by atomic mass is 9.78. The van der Waals surface area contributed by atoms with Crippen LogP contribution in [0.15, 0.2) is 11.1 Å². The summed E-state index contributed by atoms with van der Waals surface area (Å²) in [6.45, 7) is 8.32. The molecule has 0 radical (unpaired) electrons. The van der Waals surface area contributed by atoms with Crippen LogP contribution in [0.2, 0.25) is 0 Å². The molecular formula is C16H28O3. The van der Waals surface area contributed by atoms with Gasteiger partial charge in [0.2, 0.25) is 0 Å². The van der Waals surface area contributed by atoms with Crippen LogP contribution in [0.1, 0.15) is 53.4 Å². The van der Waals surface area contributed by atoms with Crippen LogP contribution >= 0.6 is 0 Å². The second kappa shape index (κ2) is 7.20. The zero-order valence-electron chi connectivity index (χ0n) is 12.9. The predicted molar refractivity (Wildman–Crippen MR) is 77.0 cm³/mol. The van der Waals surface area contributed by atoms with Crippen molar-refractivity contribution in [1.82, 2.24) is 0 Å². The molecule has 0 bridgehead atoms. The van der Waals surface area contributed by atoms with E-state index in [1.54, 1.807) is 7.11 Å². The van der Waals surface area contributed by atoms with Gasteiger partial charge in [-0.25, -0.2) is 0 Å². The van der Waals surface area contributed by atoms with Gasteiger partial charge in [-0.15, -0.1) is 0 Å². The topological polar surface area (TPSA) is 46.5 Å². The third-order valence-electron chi connectivity index (χ3n) is 4.03. The Hall–Kier alpha value is -0.670. The Morgan fingerprint density at radius 1 is 1.47 bits per heavy atom. The van der Waals surface area contributed by atoms with Gasteiger partial charge < -0.3 is 9.84 Å². The van der Waals surface area contributed by atoms with E-state index in [1.807, 2.05) is 13.8 Å². The third kappa shape index (κ3) is 4.15. The molecular weight excluding hydrogens is 240 g/mol. The van der Waals surface area contributed by atoms with Gasteiger partial charge in [0.25, 0.3) is 0 Å². The van der Waals surface area contributed by atoms with E-state index in [-0.39, 0.29) is 11.7 Å². The van der Waals surface area contributed by atoms with Crippen molar-refractivity contribution in [3.05, 3.63) is 11.1 Å². The van der Waals surface area contributed by atoms with Crippen molar-refractivity contribution in [2.75, 3.05) is 7.11 Å². The van der Waals surface area contributed by atoms with Crippen LogP contribution < -0.4 is 0 Å². The highest BCUT2D eigenvalue weighted by atomic mass is 16.5. The maximum atomic E-state index is 12.2. The van der Waals surface area contributed by atoms with E-state index in [9.17, 15) is 9.90 Å². The van der Waals surface area contributed by atoms with Gasteiger partial charge in [-0.2, -0.15) is 0 Å². The van der Waals surface area contributed by atoms with Gasteiger partial charge in [0.05, 0.1) is 6.10 Å². The SMILES string of the molecule is CO[C@H]1C(=C(C)CCCC(C)C)C(=O)C[C@@H](C)[C@H]1O. The lowest BCUT2D eigenvalue weighted by Gasteiger charge is -2.34. The van der Waals surface area contributed by atoms with Gasteiger partial charge in [0.15, 0.2) is 5.78 Å². The molecule has 3 nitrogen and oxygen atoms in total. The number of ketones is 1. The first-order chi connectivity index (χ1) is 8.88. The molecule has 0 spiro atoms. The first kappa shape index (κ1) is 16.4. The van der Waals surface area contributed by atoms with Gasteiger partial charge in [0.1, 0.15) is 6.10 Å². The van der Waals surface area contributed by atoms with E-state index in [0.29, 0.717) is 12.3 Å². The lowest BCUT2D eigenvalue weighted by molar-refractivity contribution is -0.125. The third-order valence-corrected chi connectivity index (χ3v) is 4.03. The van der Waals surface area contributed by atoms with E-state index in [2.05, 4.69) is 13.8 Å². The van der Waals surface area contributed by atoms with Gasteiger partial charge in [-0.05, 0) is 31.6 Å². The van der Waals surface area contributed by atoms with Crippen LogP contribution in [0.5, 0.6) is 0 Å². The van der Waals surface area contributed by atoms with Gasteiger partial charge >= 0.3 is 0 Å². The molecule has 3 heteroatoms. The summed E-state index contributed by atoms with van der Waals surface area (Å²) in [6.07, 6.45) is 2.57. The molecule has 0 amide bonds. The summed E-state index contributed by atoms with van der Waals surface area (Å²) in [5.41, 5.74) is 1.81. The zero-order chi connectivity index (χ0) is 14.6. The molecule has 0 heterocycles.